The largest absolute Gasteiger partial charge is 0.491 e. The van der Waals surface area contributed by atoms with E-state index in [2.05, 4.69) is 45.5 Å². The Morgan fingerprint density at radius 1 is 1.08 bits per heavy atom. The predicted octanol–water partition coefficient (Wildman–Crippen LogP) is 2.79. The van der Waals surface area contributed by atoms with Gasteiger partial charge in [0.1, 0.15) is 24.0 Å². The number of benzene rings is 1. The van der Waals surface area contributed by atoms with E-state index in [1.807, 2.05) is 24.3 Å². The lowest BCUT2D eigenvalue weighted by Gasteiger charge is -2.34. The highest BCUT2D eigenvalue weighted by molar-refractivity contribution is 6.32. The summed E-state index contributed by atoms with van der Waals surface area (Å²) in [4.78, 5) is 4.88. The molecule has 0 spiro atoms. The third-order valence-electron chi connectivity index (χ3n) is 4.85. The van der Waals surface area contributed by atoms with Gasteiger partial charge < -0.3 is 9.30 Å². The molecule has 0 radical (unpaired) electrons. The Morgan fingerprint density at radius 2 is 1.77 bits per heavy atom. The maximum absolute atomic E-state index is 6.12. The number of ether oxygens (including phenoxy) is 1. The van der Waals surface area contributed by atoms with Crippen LogP contribution in [0.4, 0.5) is 0 Å². The first-order chi connectivity index (χ1) is 12.5. The molecule has 1 aliphatic heterocycles. The summed E-state index contributed by atoms with van der Waals surface area (Å²) in [5.41, 5.74) is 0. The Bertz CT molecular complexity index is 710. The highest BCUT2D eigenvalue weighted by atomic mass is 35.5. The van der Waals surface area contributed by atoms with E-state index >= 15 is 0 Å². The van der Waals surface area contributed by atoms with Crippen LogP contribution in [0.25, 0.3) is 0 Å². The molecular weight excluding hydrogens is 350 g/mol. The zero-order chi connectivity index (χ0) is 18.5. The molecule has 142 valence electrons. The van der Waals surface area contributed by atoms with E-state index in [4.69, 9.17) is 16.3 Å². The average Bonchev–Trinajstić information content (AvgIpc) is 2.99. The number of para-hydroxylation sites is 1. The van der Waals surface area contributed by atoms with Gasteiger partial charge in [0.05, 0.1) is 11.6 Å². The molecule has 2 heterocycles. The Kier molecular flexibility index (Phi) is 6.51. The summed E-state index contributed by atoms with van der Waals surface area (Å²) < 4.78 is 7.93. The van der Waals surface area contributed by atoms with E-state index in [1.54, 1.807) is 0 Å². The van der Waals surface area contributed by atoms with Crippen molar-refractivity contribution in [2.24, 2.45) is 7.05 Å². The molecule has 3 rings (SSSR count). The van der Waals surface area contributed by atoms with Gasteiger partial charge in [0.2, 0.25) is 0 Å². The summed E-state index contributed by atoms with van der Waals surface area (Å²) in [6.07, 6.45) is 0. The fourth-order valence-corrected chi connectivity index (χ4v) is 3.42. The first kappa shape index (κ1) is 19.1. The van der Waals surface area contributed by atoms with Gasteiger partial charge in [0.25, 0.3) is 0 Å². The van der Waals surface area contributed by atoms with Crippen LogP contribution in [0.1, 0.15) is 31.4 Å². The number of halogens is 1. The molecule has 7 heteroatoms. The van der Waals surface area contributed by atoms with Gasteiger partial charge in [-0.3, -0.25) is 9.80 Å². The minimum Gasteiger partial charge on any atom is -0.491 e. The summed E-state index contributed by atoms with van der Waals surface area (Å²) in [6, 6.07) is 7.62. The van der Waals surface area contributed by atoms with Crippen molar-refractivity contribution in [1.82, 2.24) is 24.6 Å². The quantitative estimate of drug-likeness (QED) is 0.742. The van der Waals surface area contributed by atoms with E-state index in [9.17, 15) is 0 Å². The fourth-order valence-electron chi connectivity index (χ4n) is 3.23. The molecule has 0 amide bonds. The molecule has 26 heavy (non-hydrogen) atoms. The summed E-state index contributed by atoms with van der Waals surface area (Å²) in [7, 11) is 2.06. The number of nitrogens with zero attached hydrogens (tertiary/aromatic N) is 5. The first-order valence-corrected chi connectivity index (χ1v) is 9.62. The molecule has 1 aromatic heterocycles. The van der Waals surface area contributed by atoms with E-state index in [-0.39, 0.29) is 0 Å². The summed E-state index contributed by atoms with van der Waals surface area (Å²) >= 11 is 6.12. The Hall–Kier alpha value is -1.63. The highest BCUT2D eigenvalue weighted by Crippen LogP contribution is 2.23. The Labute approximate surface area is 160 Å². The number of rotatable bonds is 7. The van der Waals surface area contributed by atoms with Crippen molar-refractivity contribution in [2.75, 3.05) is 39.3 Å². The molecule has 0 atom stereocenters. The van der Waals surface area contributed by atoms with Gasteiger partial charge in [-0.2, -0.15) is 0 Å². The second-order valence-electron chi connectivity index (χ2n) is 7.08. The third kappa shape index (κ3) is 4.75. The monoisotopic (exact) mass is 377 g/mol. The minimum atomic E-state index is 0.399. The van der Waals surface area contributed by atoms with E-state index in [1.165, 1.54) is 0 Å². The van der Waals surface area contributed by atoms with Crippen molar-refractivity contribution in [2.45, 2.75) is 26.3 Å². The van der Waals surface area contributed by atoms with Crippen molar-refractivity contribution in [3.8, 4) is 5.75 Å². The smallest absolute Gasteiger partial charge is 0.146 e. The Balaban J connectivity index is 1.41. The molecule has 6 nitrogen and oxygen atoms in total. The zero-order valence-electron chi connectivity index (χ0n) is 15.9. The molecule has 0 unspecified atom stereocenters. The highest BCUT2D eigenvalue weighted by Gasteiger charge is 2.20. The van der Waals surface area contributed by atoms with Gasteiger partial charge in [-0.25, -0.2) is 0 Å². The van der Waals surface area contributed by atoms with Crippen LogP contribution in [0.2, 0.25) is 5.02 Å². The number of hydrogen-bond acceptors (Lipinski definition) is 5. The molecule has 0 bridgehead atoms. The lowest BCUT2D eigenvalue weighted by atomic mass is 10.2. The molecule has 0 N–H and O–H groups in total. The fraction of sp³-hybridized carbons (Fsp3) is 0.579. The van der Waals surface area contributed by atoms with Crippen LogP contribution < -0.4 is 4.74 Å². The van der Waals surface area contributed by atoms with E-state index < -0.39 is 0 Å². The van der Waals surface area contributed by atoms with Gasteiger partial charge >= 0.3 is 0 Å². The van der Waals surface area contributed by atoms with Gasteiger partial charge in [-0.05, 0) is 12.1 Å². The topological polar surface area (TPSA) is 46.4 Å². The molecule has 2 aromatic rings. The normalized spacial score (nSPS) is 16.3. The average molecular weight is 378 g/mol. The lowest BCUT2D eigenvalue weighted by molar-refractivity contribution is 0.110. The second kappa shape index (κ2) is 8.84. The van der Waals surface area contributed by atoms with Gasteiger partial charge in [-0.15, -0.1) is 10.2 Å². The summed E-state index contributed by atoms with van der Waals surface area (Å²) in [6.45, 7) is 10.9. The van der Waals surface area contributed by atoms with E-state index in [0.29, 0.717) is 17.5 Å². The summed E-state index contributed by atoms with van der Waals surface area (Å²) in [5.74, 6) is 3.26. The van der Waals surface area contributed by atoms with Crippen LogP contribution in [0.15, 0.2) is 24.3 Å². The zero-order valence-corrected chi connectivity index (χ0v) is 16.6. The second-order valence-corrected chi connectivity index (χ2v) is 7.49. The third-order valence-corrected chi connectivity index (χ3v) is 5.16. The summed E-state index contributed by atoms with van der Waals surface area (Å²) in [5, 5.41) is 9.36. The van der Waals surface area contributed by atoms with E-state index in [0.717, 1.165) is 56.7 Å². The first-order valence-electron chi connectivity index (χ1n) is 9.25. The number of hydrogen-bond donors (Lipinski definition) is 0. The van der Waals surface area contributed by atoms with Crippen LogP contribution in [-0.4, -0.2) is 63.9 Å². The molecule has 1 saturated heterocycles. The molecule has 0 aliphatic carbocycles. The molecule has 1 fully saturated rings. The van der Waals surface area contributed by atoms with Gasteiger partial charge in [-0.1, -0.05) is 37.6 Å². The SMILES string of the molecule is CC(C)c1nnc(CN2CCN(CCOc3ccccc3Cl)CC2)n1C. The standard InChI is InChI=1S/C19H28ClN5O/c1-15(2)19-22-21-18(23(19)3)14-25-10-8-24(9-11-25)12-13-26-17-7-5-4-6-16(17)20/h4-7,15H,8-14H2,1-3H3. The van der Waals surface area contributed by atoms with Crippen molar-refractivity contribution < 1.29 is 4.74 Å². The van der Waals surface area contributed by atoms with Crippen molar-refractivity contribution >= 4 is 11.6 Å². The van der Waals surface area contributed by atoms with Crippen molar-refractivity contribution in [1.29, 1.82) is 0 Å². The van der Waals surface area contributed by atoms with Gasteiger partial charge in [0, 0.05) is 45.7 Å². The predicted molar refractivity (Wildman–Crippen MR) is 104 cm³/mol. The Morgan fingerprint density at radius 3 is 2.42 bits per heavy atom. The molecule has 0 saturated carbocycles. The molecular formula is C19H28ClN5O. The van der Waals surface area contributed by atoms with Crippen LogP contribution >= 0.6 is 11.6 Å². The lowest BCUT2D eigenvalue weighted by Crippen LogP contribution is -2.47. The maximum Gasteiger partial charge on any atom is 0.146 e. The maximum atomic E-state index is 6.12. The van der Waals surface area contributed by atoms with Crippen LogP contribution in [0.5, 0.6) is 5.75 Å². The molecule has 1 aliphatic rings. The van der Waals surface area contributed by atoms with Crippen molar-refractivity contribution in [3.63, 3.8) is 0 Å². The minimum absolute atomic E-state index is 0.399. The molecule has 1 aromatic carbocycles. The van der Waals surface area contributed by atoms with Crippen LogP contribution in [0, 0.1) is 0 Å². The van der Waals surface area contributed by atoms with Crippen LogP contribution in [-0.2, 0) is 13.6 Å². The van der Waals surface area contributed by atoms with Gasteiger partial charge in [0.15, 0.2) is 0 Å². The number of aromatic nitrogens is 3. The van der Waals surface area contributed by atoms with Crippen LogP contribution in [0.3, 0.4) is 0 Å². The number of piperazine rings is 1. The van der Waals surface area contributed by atoms with Crippen molar-refractivity contribution in [3.05, 3.63) is 40.9 Å².